The highest BCUT2D eigenvalue weighted by molar-refractivity contribution is 6.04. The third kappa shape index (κ3) is 3.99. The Morgan fingerprint density at radius 1 is 1.19 bits per heavy atom. The normalized spacial score (nSPS) is 17.8. The number of ketones is 1. The van der Waals surface area contributed by atoms with Gasteiger partial charge in [-0.1, -0.05) is 30.3 Å². The lowest BCUT2D eigenvalue weighted by atomic mass is 9.73. The van der Waals surface area contributed by atoms with Gasteiger partial charge in [0.25, 0.3) is 0 Å². The second-order valence-electron chi connectivity index (χ2n) is 8.25. The van der Waals surface area contributed by atoms with Gasteiger partial charge in [0.15, 0.2) is 5.78 Å². The standard InChI is InChI=1S/C24H23N3O4/c1-14(28)26-20-11-16(8-9-25-20)22-17(10-15-6-4-3-5-7-15)21-18(27-22)12-24(2,23(30)31)13-19(21)29/h3-9,11,27H,10,12-13H2,1-2H3,(H,30,31)(H,25,26,28). The van der Waals surface area contributed by atoms with Gasteiger partial charge < -0.3 is 15.4 Å². The summed E-state index contributed by atoms with van der Waals surface area (Å²) in [7, 11) is 0. The Morgan fingerprint density at radius 2 is 1.94 bits per heavy atom. The van der Waals surface area contributed by atoms with Crippen LogP contribution in [0.25, 0.3) is 11.3 Å². The number of aliphatic carboxylic acids is 1. The van der Waals surface area contributed by atoms with Crippen LogP contribution in [0.3, 0.4) is 0 Å². The number of aromatic nitrogens is 2. The van der Waals surface area contributed by atoms with Crippen molar-refractivity contribution in [2.45, 2.75) is 33.1 Å². The maximum atomic E-state index is 13.1. The highest BCUT2D eigenvalue weighted by Gasteiger charge is 2.43. The number of carbonyl (C=O) groups excluding carboxylic acids is 2. The van der Waals surface area contributed by atoms with Crippen molar-refractivity contribution >= 4 is 23.5 Å². The van der Waals surface area contributed by atoms with Crippen molar-refractivity contribution in [3.05, 3.63) is 71.0 Å². The number of carboxylic acid groups (broad SMARTS) is 1. The Bertz CT molecular complexity index is 1180. The molecule has 4 rings (SSSR count). The van der Waals surface area contributed by atoms with Crippen LogP contribution in [0.1, 0.15) is 47.4 Å². The number of fused-ring (bicyclic) bond motifs is 1. The fourth-order valence-electron chi connectivity index (χ4n) is 4.17. The minimum atomic E-state index is -1.14. The lowest BCUT2D eigenvalue weighted by molar-refractivity contribution is -0.148. The smallest absolute Gasteiger partial charge is 0.310 e. The van der Waals surface area contributed by atoms with E-state index < -0.39 is 11.4 Å². The Morgan fingerprint density at radius 3 is 2.61 bits per heavy atom. The number of H-pyrrole nitrogens is 1. The first-order chi connectivity index (χ1) is 14.8. The van der Waals surface area contributed by atoms with E-state index in [-0.39, 0.29) is 24.5 Å². The van der Waals surface area contributed by atoms with Gasteiger partial charge in [0, 0.05) is 49.2 Å². The number of carbonyl (C=O) groups is 3. The average molecular weight is 417 g/mol. The first-order valence-electron chi connectivity index (χ1n) is 10.0. The Balaban J connectivity index is 1.86. The molecule has 1 aromatic carbocycles. The highest BCUT2D eigenvalue weighted by atomic mass is 16.4. The van der Waals surface area contributed by atoms with Crippen molar-refractivity contribution in [1.29, 1.82) is 0 Å². The van der Waals surface area contributed by atoms with Crippen molar-refractivity contribution in [3.8, 4) is 11.3 Å². The van der Waals surface area contributed by atoms with Crippen LogP contribution in [0.5, 0.6) is 0 Å². The van der Waals surface area contributed by atoms with Crippen molar-refractivity contribution in [3.63, 3.8) is 0 Å². The number of Topliss-reactive ketones (excluding diaryl/α,β-unsaturated/α-hetero) is 1. The third-order valence-electron chi connectivity index (χ3n) is 5.67. The zero-order chi connectivity index (χ0) is 22.2. The maximum absolute atomic E-state index is 13.1. The van der Waals surface area contributed by atoms with E-state index in [1.807, 2.05) is 30.3 Å². The van der Waals surface area contributed by atoms with Gasteiger partial charge in [-0.3, -0.25) is 14.4 Å². The third-order valence-corrected chi connectivity index (χ3v) is 5.67. The summed E-state index contributed by atoms with van der Waals surface area (Å²) < 4.78 is 0. The molecule has 1 unspecified atom stereocenters. The molecule has 0 radical (unpaired) electrons. The quantitative estimate of drug-likeness (QED) is 0.584. The molecule has 0 spiro atoms. The molecule has 2 aromatic heterocycles. The molecule has 0 bridgehead atoms. The van der Waals surface area contributed by atoms with Gasteiger partial charge in [0.05, 0.1) is 11.1 Å². The zero-order valence-electron chi connectivity index (χ0n) is 17.4. The number of hydrogen-bond acceptors (Lipinski definition) is 4. The predicted octanol–water partition coefficient (Wildman–Crippen LogP) is 3.85. The summed E-state index contributed by atoms with van der Waals surface area (Å²) in [5.41, 5.74) is 3.46. The summed E-state index contributed by atoms with van der Waals surface area (Å²) in [4.78, 5) is 43.9. The number of amides is 1. The van der Waals surface area contributed by atoms with E-state index in [4.69, 9.17) is 0 Å². The molecule has 1 atom stereocenters. The lowest BCUT2D eigenvalue weighted by Crippen LogP contribution is -2.36. The largest absolute Gasteiger partial charge is 0.481 e. The Kier molecular flexibility index (Phi) is 5.19. The first-order valence-corrected chi connectivity index (χ1v) is 10.0. The van der Waals surface area contributed by atoms with Gasteiger partial charge in [0.1, 0.15) is 5.82 Å². The topological polar surface area (TPSA) is 112 Å². The van der Waals surface area contributed by atoms with Gasteiger partial charge in [-0.2, -0.15) is 0 Å². The number of benzene rings is 1. The van der Waals surface area contributed by atoms with Crippen LogP contribution >= 0.6 is 0 Å². The number of hydrogen-bond donors (Lipinski definition) is 3. The van der Waals surface area contributed by atoms with Gasteiger partial charge in [-0.25, -0.2) is 4.98 Å². The molecular weight excluding hydrogens is 394 g/mol. The van der Waals surface area contributed by atoms with Crippen molar-refractivity contribution in [2.24, 2.45) is 5.41 Å². The summed E-state index contributed by atoms with van der Waals surface area (Å²) >= 11 is 0. The maximum Gasteiger partial charge on any atom is 0.310 e. The first kappa shape index (κ1) is 20.5. The molecule has 1 amide bonds. The fourth-order valence-corrected chi connectivity index (χ4v) is 4.17. The molecule has 3 aromatic rings. The number of pyridine rings is 1. The number of nitrogens with one attached hydrogen (secondary N) is 2. The number of anilines is 1. The van der Waals surface area contributed by atoms with Crippen molar-refractivity contribution < 1.29 is 19.5 Å². The van der Waals surface area contributed by atoms with E-state index in [0.29, 0.717) is 23.5 Å². The molecule has 0 fully saturated rings. The highest BCUT2D eigenvalue weighted by Crippen LogP contribution is 2.41. The zero-order valence-corrected chi connectivity index (χ0v) is 17.4. The minimum absolute atomic E-state index is 0.0398. The van der Waals surface area contributed by atoms with Gasteiger partial charge >= 0.3 is 5.97 Å². The van der Waals surface area contributed by atoms with E-state index >= 15 is 0 Å². The SMILES string of the molecule is CC(=O)Nc1cc(-c2[nH]c3c(c2Cc2ccccc2)C(=O)CC(C)(C(=O)O)C3)ccn1. The van der Waals surface area contributed by atoms with E-state index in [9.17, 15) is 19.5 Å². The van der Waals surface area contributed by atoms with Crippen molar-refractivity contribution in [1.82, 2.24) is 9.97 Å². The van der Waals surface area contributed by atoms with Gasteiger partial charge in [-0.15, -0.1) is 0 Å². The molecule has 1 aliphatic rings. The van der Waals surface area contributed by atoms with Crippen LogP contribution in [-0.4, -0.2) is 32.7 Å². The number of carboxylic acids is 1. The summed E-state index contributed by atoms with van der Waals surface area (Å²) in [6.07, 6.45) is 2.32. The second-order valence-corrected chi connectivity index (χ2v) is 8.25. The minimum Gasteiger partial charge on any atom is -0.481 e. The summed E-state index contributed by atoms with van der Waals surface area (Å²) in [6, 6.07) is 13.4. The predicted molar refractivity (Wildman–Crippen MR) is 116 cm³/mol. The van der Waals surface area contributed by atoms with E-state index in [1.54, 1.807) is 25.3 Å². The monoisotopic (exact) mass is 417 g/mol. The van der Waals surface area contributed by atoms with Crippen LogP contribution in [-0.2, 0) is 22.4 Å². The van der Waals surface area contributed by atoms with Gasteiger partial charge in [-0.05, 0) is 30.2 Å². The molecule has 7 nitrogen and oxygen atoms in total. The molecule has 0 saturated heterocycles. The summed E-state index contributed by atoms with van der Waals surface area (Å²) in [5.74, 6) is -0.975. The molecule has 1 aliphatic carbocycles. The molecule has 3 N–H and O–H groups in total. The van der Waals surface area contributed by atoms with Gasteiger partial charge in [0.2, 0.25) is 5.91 Å². The van der Waals surface area contributed by atoms with Crippen LogP contribution in [0.15, 0.2) is 48.7 Å². The van der Waals surface area contributed by atoms with E-state index in [1.165, 1.54) is 6.92 Å². The molecular formula is C24H23N3O4. The number of nitrogens with zero attached hydrogens (tertiary/aromatic N) is 1. The molecule has 31 heavy (non-hydrogen) atoms. The van der Waals surface area contributed by atoms with Crippen LogP contribution in [0, 0.1) is 5.41 Å². The Labute approximate surface area is 179 Å². The number of rotatable bonds is 5. The molecule has 7 heteroatoms. The van der Waals surface area contributed by atoms with Crippen LogP contribution in [0.2, 0.25) is 0 Å². The molecule has 2 heterocycles. The fraction of sp³-hybridized carbons (Fsp3) is 0.250. The average Bonchev–Trinajstić information content (AvgIpc) is 3.06. The van der Waals surface area contributed by atoms with Crippen LogP contribution in [0.4, 0.5) is 5.82 Å². The second kappa shape index (κ2) is 7.83. The molecule has 0 saturated carbocycles. The van der Waals surface area contributed by atoms with Crippen molar-refractivity contribution in [2.75, 3.05) is 5.32 Å². The van der Waals surface area contributed by atoms with E-state index in [0.717, 1.165) is 22.4 Å². The van der Waals surface area contributed by atoms with Crippen LogP contribution < -0.4 is 5.32 Å². The molecule has 158 valence electrons. The summed E-state index contributed by atoms with van der Waals surface area (Å²) in [5, 5.41) is 12.3. The lowest BCUT2D eigenvalue weighted by Gasteiger charge is -2.28. The molecule has 0 aliphatic heterocycles. The number of aromatic amines is 1. The Hall–Kier alpha value is -3.74. The van der Waals surface area contributed by atoms with E-state index in [2.05, 4.69) is 15.3 Å². The summed E-state index contributed by atoms with van der Waals surface area (Å²) in [6.45, 7) is 3.02.